The van der Waals surface area contributed by atoms with Gasteiger partial charge in [-0.05, 0) is 29.8 Å². The fraction of sp³-hybridized carbons (Fsp3) is 0.167. The number of benzene rings is 1. The molecule has 0 unspecified atom stereocenters. The van der Waals surface area contributed by atoms with Gasteiger partial charge in [-0.3, -0.25) is 14.0 Å². The molecule has 0 saturated carbocycles. The smallest absolute Gasteiger partial charge is 0.406 e. The lowest BCUT2D eigenvalue weighted by Gasteiger charge is -2.23. The second kappa shape index (κ2) is 9.64. The lowest BCUT2D eigenvalue weighted by Crippen LogP contribution is -2.25. The number of likely N-dealkylation sites (N-methyl/N-ethyl adjacent to an activating group) is 1. The summed E-state index contributed by atoms with van der Waals surface area (Å²) in [4.78, 5) is 14.9. The molecule has 0 aliphatic carbocycles. The number of hydrogen-bond donors (Lipinski definition) is 0. The Labute approximate surface area is 189 Å². The second-order valence-electron chi connectivity index (χ2n) is 7.26. The maximum atomic E-state index is 13.0. The normalized spacial score (nSPS) is 11.8. The molecule has 3 rings (SSSR count). The molecule has 0 bridgehead atoms. The third-order valence-electron chi connectivity index (χ3n) is 4.82. The molecule has 0 saturated heterocycles. The van der Waals surface area contributed by atoms with E-state index in [1.54, 1.807) is 36.3 Å². The number of rotatable bonds is 8. The number of ether oxygens (including phenoxy) is 1. The maximum absolute atomic E-state index is 13.0. The van der Waals surface area contributed by atoms with Crippen molar-refractivity contribution in [2.24, 2.45) is 7.05 Å². The standard InChI is InChI=1S/C24H23F3N4O2/c1-5-7-17(6-2)14-29(3)22-12-23(32)31(16-21(22)18-13-28-30(4)15-18)19-8-10-20(11-9-19)33-24(25,26)27/h5-13,15-16H,1-2,14H2,3-4H3/b17-7+. The predicted octanol–water partition coefficient (Wildman–Crippen LogP) is 4.87. The van der Waals surface area contributed by atoms with Crippen molar-refractivity contribution >= 4 is 5.69 Å². The molecule has 2 heterocycles. The van der Waals surface area contributed by atoms with Gasteiger partial charge in [0.1, 0.15) is 5.75 Å². The molecule has 0 fully saturated rings. The van der Waals surface area contributed by atoms with Crippen LogP contribution in [0, 0.1) is 0 Å². The van der Waals surface area contributed by atoms with Crippen LogP contribution in [0.1, 0.15) is 0 Å². The highest BCUT2D eigenvalue weighted by atomic mass is 19.4. The summed E-state index contributed by atoms with van der Waals surface area (Å²) in [6.45, 7) is 7.99. The SMILES string of the molecule is C=C/C=C(\C=C)CN(C)c1cc(=O)n(-c2ccc(OC(F)(F)F)cc2)cc1-c1cnn(C)c1. The van der Waals surface area contributed by atoms with Crippen molar-refractivity contribution in [2.75, 3.05) is 18.5 Å². The Morgan fingerprint density at radius 1 is 1.21 bits per heavy atom. The highest BCUT2D eigenvalue weighted by molar-refractivity contribution is 5.77. The molecule has 1 aromatic carbocycles. The summed E-state index contributed by atoms with van der Waals surface area (Å²) < 4.78 is 44.3. The highest BCUT2D eigenvalue weighted by Gasteiger charge is 2.31. The molecule has 3 aromatic rings. The van der Waals surface area contributed by atoms with E-state index in [1.165, 1.54) is 22.8 Å². The predicted molar refractivity (Wildman–Crippen MR) is 123 cm³/mol. The van der Waals surface area contributed by atoms with E-state index < -0.39 is 6.36 Å². The Hall–Kier alpha value is -4.01. The van der Waals surface area contributed by atoms with Gasteiger partial charge in [0.05, 0.1) is 11.9 Å². The van der Waals surface area contributed by atoms with Gasteiger partial charge in [-0.2, -0.15) is 5.10 Å². The summed E-state index contributed by atoms with van der Waals surface area (Å²) in [5.41, 5.74) is 3.13. The monoisotopic (exact) mass is 456 g/mol. The molecule has 172 valence electrons. The van der Waals surface area contributed by atoms with E-state index in [0.717, 1.165) is 28.8 Å². The van der Waals surface area contributed by atoms with Gasteiger partial charge in [0.15, 0.2) is 0 Å². The number of allylic oxidation sites excluding steroid dienone is 2. The summed E-state index contributed by atoms with van der Waals surface area (Å²) >= 11 is 0. The zero-order chi connectivity index (χ0) is 24.2. The molecule has 33 heavy (non-hydrogen) atoms. The van der Waals surface area contributed by atoms with Crippen molar-refractivity contribution in [2.45, 2.75) is 6.36 Å². The molecule has 0 aliphatic heterocycles. The summed E-state index contributed by atoms with van der Waals surface area (Å²) in [6.07, 6.45) is 5.56. The molecule has 0 atom stereocenters. The summed E-state index contributed by atoms with van der Waals surface area (Å²) in [7, 11) is 3.63. The van der Waals surface area contributed by atoms with Gasteiger partial charge in [0.2, 0.25) is 0 Å². The van der Waals surface area contributed by atoms with Gasteiger partial charge >= 0.3 is 6.36 Å². The van der Waals surface area contributed by atoms with Gasteiger partial charge in [-0.15, -0.1) is 13.2 Å². The second-order valence-corrected chi connectivity index (χ2v) is 7.26. The van der Waals surface area contributed by atoms with Crippen molar-refractivity contribution in [3.05, 3.63) is 96.2 Å². The van der Waals surface area contributed by atoms with E-state index in [-0.39, 0.29) is 11.3 Å². The van der Waals surface area contributed by atoms with Crippen molar-refractivity contribution < 1.29 is 17.9 Å². The first-order valence-corrected chi connectivity index (χ1v) is 9.88. The Morgan fingerprint density at radius 2 is 1.91 bits per heavy atom. The van der Waals surface area contributed by atoms with Gasteiger partial charge in [-0.25, -0.2) is 0 Å². The number of aryl methyl sites for hydroxylation is 1. The average Bonchev–Trinajstić information content (AvgIpc) is 3.18. The Kier molecular flexibility index (Phi) is 6.91. The van der Waals surface area contributed by atoms with Gasteiger partial charge in [0, 0.05) is 55.9 Å². The van der Waals surface area contributed by atoms with E-state index in [0.29, 0.717) is 17.9 Å². The molecule has 6 nitrogen and oxygen atoms in total. The van der Waals surface area contributed by atoms with Gasteiger partial charge in [0.25, 0.3) is 5.56 Å². The van der Waals surface area contributed by atoms with E-state index >= 15 is 0 Å². The quantitative estimate of drug-likeness (QED) is 0.454. The molecule has 0 amide bonds. The number of aromatic nitrogens is 3. The minimum atomic E-state index is -4.79. The van der Waals surface area contributed by atoms with Crippen LogP contribution >= 0.6 is 0 Å². The molecule has 9 heteroatoms. The lowest BCUT2D eigenvalue weighted by molar-refractivity contribution is -0.274. The first-order valence-electron chi connectivity index (χ1n) is 9.88. The summed E-state index contributed by atoms with van der Waals surface area (Å²) in [5, 5.41) is 4.22. The number of anilines is 1. The molecular formula is C24H23F3N4O2. The molecular weight excluding hydrogens is 433 g/mol. The Bertz CT molecular complexity index is 1240. The van der Waals surface area contributed by atoms with Gasteiger partial charge < -0.3 is 9.64 Å². The number of pyridine rings is 1. The van der Waals surface area contributed by atoms with Crippen LogP contribution in [-0.2, 0) is 7.05 Å². The van der Waals surface area contributed by atoms with Crippen molar-refractivity contribution in [3.63, 3.8) is 0 Å². The third-order valence-corrected chi connectivity index (χ3v) is 4.82. The number of hydrogen-bond acceptors (Lipinski definition) is 4. The number of alkyl halides is 3. The molecule has 0 radical (unpaired) electrons. The first-order chi connectivity index (χ1) is 15.6. The van der Waals surface area contributed by atoms with Crippen molar-refractivity contribution in [1.82, 2.24) is 14.3 Å². The van der Waals surface area contributed by atoms with Crippen molar-refractivity contribution in [3.8, 4) is 22.6 Å². The Morgan fingerprint density at radius 3 is 2.45 bits per heavy atom. The third kappa shape index (κ3) is 5.82. The first kappa shape index (κ1) is 23.6. The lowest BCUT2D eigenvalue weighted by atomic mass is 10.1. The van der Waals surface area contributed by atoms with Crippen LogP contribution in [0.3, 0.4) is 0 Å². The van der Waals surface area contributed by atoms with Crippen LogP contribution < -0.4 is 15.2 Å². The minimum Gasteiger partial charge on any atom is -0.406 e. The Balaban J connectivity index is 2.07. The van der Waals surface area contributed by atoms with Crippen LogP contribution in [0.2, 0.25) is 0 Å². The topological polar surface area (TPSA) is 52.3 Å². The van der Waals surface area contributed by atoms with Crippen LogP contribution in [0.15, 0.2) is 90.7 Å². The van der Waals surface area contributed by atoms with Crippen molar-refractivity contribution in [1.29, 1.82) is 0 Å². The molecule has 2 aromatic heterocycles. The minimum absolute atomic E-state index is 0.346. The summed E-state index contributed by atoms with van der Waals surface area (Å²) in [6, 6.07) is 6.59. The zero-order valence-corrected chi connectivity index (χ0v) is 18.2. The van der Waals surface area contributed by atoms with Crippen LogP contribution in [-0.4, -0.2) is 34.3 Å². The van der Waals surface area contributed by atoms with E-state index in [2.05, 4.69) is 23.0 Å². The summed E-state index contributed by atoms with van der Waals surface area (Å²) in [5.74, 6) is -0.367. The fourth-order valence-electron chi connectivity index (χ4n) is 3.33. The molecule has 0 aliphatic rings. The van der Waals surface area contributed by atoms with Gasteiger partial charge in [-0.1, -0.05) is 31.4 Å². The zero-order valence-electron chi connectivity index (χ0n) is 18.2. The largest absolute Gasteiger partial charge is 0.573 e. The maximum Gasteiger partial charge on any atom is 0.573 e. The van der Waals surface area contributed by atoms with E-state index in [9.17, 15) is 18.0 Å². The molecule has 0 N–H and O–H groups in total. The number of nitrogens with zero attached hydrogens (tertiary/aromatic N) is 4. The van der Waals surface area contributed by atoms with E-state index in [1.807, 2.05) is 24.2 Å². The highest BCUT2D eigenvalue weighted by Crippen LogP contribution is 2.30. The fourth-order valence-corrected chi connectivity index (χ4v) is 3.33. The van der Waals surface area contributed by atoms with Crippen LogP contribution in [0.4, 0.5) is 18.9 Å². The molecule has 0 spiro atoms. The number of halogens is 3. The van der Waals surface area contributed by atoms with Crippen LogP contribution in [0.5, 0.6) is 5.75 Å². The van der Waals surface area contributed by atoms with Crippen LogP contribution in [0.25, 0.3) is 16.8 Å². The average molecular weight is 456 g/mol. The van der Waals surface area contributed by atoms with E-state index in [4.69, 9.17) is 0 Å².